The fourth-order valence-corrected chi connectivity index (χ4v) is 1.75. The highest BCUT2D eigenvalue weighted by atomic mass is 32.2. The zero-order chi connectivity index (χ0) is 13.1. The average Bonchev–Trinajstić information content (AvgIpc) is 2.31. The summed E-state index contributed by atoms with van der Waals surface area (Å²) in [7, 11) is 1.85. The molecule has 0 saturated carbocycles. The first-order chi connectivity index (χ1) is 8.09. The summed E-state index contributed by atoms with van der Waals surface area (Å²) in [5.74, 6) is 0.285. The molecule has 0 atom stereocenters. The van der Waals surface area contributed by atoms with Crippen LogP contribution in [0.3, 0.4) is 0 Å². The maximum atomic E-state index is 11.6. The predicted molar refractivity (Wildman–Crippen MR) is 74.0 cm³/mol. The minimum absolute atomic E-state index is 0.0820. The van der Waals surface area contributed by atoms with Crippen molar-refractivity contribution in [3.8, 4) is 0 Å². The second-order valence-corrected chi connectivity index (χ2v) is 5.03. The van der Waals surface area contributed by atoms with E-state index in [1.165, 1.54) is 0 Å². The van der Waals surface area contributed by atoms with E-state index in [0.29, 0.717) is 0 Å². The third kappa shape index (κ3) is 9.44. The number of hydrogen-bond acceptors (Lipinski definition) is 4. The molecule has 0 unspecified atom stereocenters. The second kappa shape index (κ2) is 10.9. The van der Waals surface area contributed by atoms with Gasteiger partial charge in [-0.15, -0.1) is 0 Å². The van der Waals surface area contributed by atoms with Crippen LogP contribution in [0.5, 0.6) is 0 Å². The van der Waals surface area contributed by atoms with Crippen LogP contribution >= 0.6 is 11.9 Å². The Morgan fingerprint density at radius 3 is 2.59 bits per heavy atom. The van der Waals surface area contributed by atoms with Crippen LogP contribution in [0, 0.1) is 5.92 Å². The van der Waals surface area contributed by atoms with E-state index in [-0.39, 0.29) is 11.8 Å². The number of carbonyl (C=O) groups excluding carboxylic acids is 1. The van der Waals surface area contributed by atoms with E-state index in [1.807, 2.05) is 27.2 Å². The van der Waals surface area contributed by atoms with Gasteiger partial charge in [0.05, 0.1) is 0 Å². The van der Waals surface area contributed by atoms with Crippen molar-refractivity contribution < 1.29 is 9.53 Å². The summed E-state index contributed by atoms with van der Waals surface area (Å²) in [5.41, 5.74) is 0. The Balaban J connectivity index is 3.30. The number of nitrogens with zero attached hydrogens (tertiary/aromatic N) is 1. The molecule has 0 radical (unpaired) electrons. The van der Waals surface area contributed by atoms with Gasteiger partial charge in [-0.1, -0.05) is 25.8 Å². The Hall–Kier alpha value is -0.260. The maximum Gasteiger partial charge on any atom is 0.224 e. The lowest BCUT2D eigenvalue weighted by atomic mass is 10.2. The summed E-state index contributed by atoms with van der Waals surface area (Å²) in [6.07, 6.45) is 3.95. The molecule has 0 spiro atoms. The van der Waals surface area contributed by atoms with Crippen LogP contribution in [0.15, 0.2) is 0 Å². The molecule has 0 aromatic heterocycles. The monoisotopic (exact) mass is 262 g/mol. The van der Waals surface area contributed by atoms with Gasteiger partial charge in [0.15, 0.2) is 0 Å². The number of hydrogen-bond donors (Lipinski definition) is 1. The third-order valence-electron chi connectivity index (χ3n) is 2.36. The standard InChI is InChI=1S/C12H26N2O2S/c1-11(2)12(15)14(3)8-6-10-16-9-5-7-13-17-4/h11,13H,5-10H2,1-4H3. The molecule has 0 aliphatic carbocycles. The zero-order valence-electron chi connectivity index (χ0n) is 11.5. The van der Waals surface area contributed by atoms with Gasteiger partial charge in [0.2, 0.25) is 5.91 Å². The van der Waals surface area contributed by atoms with E-state index in [1.54, 1.807) is 16.8 Å². The highest BCUT2D eigenvalue weighted by Gasteiger charge is 2.11. The van der Waals surface area contributed by atoms with Crippen molar-refractivity contribution in [1.82, 2.24) is 9.62 Å². The Kier molecular flexibility index (Phi) is 10.7. The molecule has 0 aliphatic heterocycles. The smallest absolute Gasteiger partial charge is 0.224 e. The lowest BCUT2D eigenvalue weighted by Crippen LogP contribution is -2.31. The predicted octanol–water partition coefficient (Wildman–Crippen LogP) is 1.77. The van der Waals surface area contributed by atoms with Crippen LogP contribution in [0.4, 0.5) is 0 Å². The lowest BCUT2D eigenvalue weighted by Gasteiger charge is -2.19. The third-order valence-corrected chi connectivity index (χ3v) is 2.86. The molecule has 0 saturated heterocycles. The topological polar surface area (TPSA) is 41.6 Å². The van der Waals surface area contributed by atoms with Crippen LogP contribution in [0.1, 0.15) is 26.7 Å². The first-order valence-corrected chi connectivity index (χ1v) is 7.40. The van der Waals surface area contributed by atoms with Crippen molar-refractivity contribution in [3.63, 3.8) is 0 Å². The van der Waals surface area contributed by atoms with E-state index < -0.39 is 0 Å². The molecule has 0 aromatic rings. The summed E-state index contributed by atoms with van der Waals surface area (Å²) in [6.45, 7) is 7.12. The van der Waals surface area contributed by atoms with Gasteiger partial charge in [-0.25, -0.2) is 0 Å². The van der Waals surface area contributed by atoms with E-state index in [4.69, 9.17) is 4.74 Å². The molecule has 0 fully saturated rings. The Morgan fingerprint density at radius 1 is 1.35 bits per heavy atom. The Bertz CT molecular complexity index is 201. The van der Waals surface area contributed by atoms with Crippen LogP contribution in [-0.4, -0.2) is 50.4 Å². The molecule has 0 rings (SSSR count). The van der Waals surface area contributed by atoms with Gasteiger partial charge >= 0.3 is 0 Å². The molecular formula is C12H26N2O2S. The van der Waals surface area contributed by atoms with Gasteiger partial charge < -0.3 is 9.64 Å². The molecule has 5 heteroatoms. The lowest BCUT2D eigenvalue weighted by molar-refractivity contribution is -0.133. The molecule has 1 N–H and O–H groups in total. The van der Waals surface area contributed by atoms with Crippen LogP contribution < -0.4 is 4.72 Å². The molecule has 4 nitrogen and oxygen atoms in total. The second-order valence-electron chi connectivity index (χ2n) is 4.33. The van der Waals surface area contributed by atoms with Crippen LogP contribution in [0.25, 0.3) is 0 Å². The SMILES string of the molecule is CSNCCCOCCCN(C)C(=O)C(C)C. The van der Waals surface area contributed by atoms with Gasteiger partial charge in [-0.2, -0.15) is 0 Å². The number of ether oxygens (including phenoxy) is 1. The van der Waals surface area contributed by atoms with Crippen LogP contribution in [0.2, 0.25) is 0 Å². The van der Waals surface area contributed by atoms with Gasteiger partial charge in [0.25, 0.3) is 0 Å². The molecular weight excluding hydrogens is 236 g/mol. The average molecular weight is 262 g/mol. The van der Waals surface area contributed by atoms with E-state index in [2.05, 4.69) is 4.72 Å². The van der Waals surface area contributed by atoms with Gasteiger partial charge in [-0.3, -0.25) is 9.52 Å². The summed E-state index contributed by atoms with van der Waals surface area (Å²) in [5, 5.41) is 0. The summed E-state index contributed by atoms with van der Waals surface area (Å²) < 4.78 is 8.65. The Labute approximate surface area is 110 Å². The molecule has 0 heterocycles. The molecule has 1 amide bonds. The van der Waals surface area contributed by atoms with E-state index in [9.17, 15) is 4.79 Å². The van der Waals surface area contributed by atoms with Crippen molar-refractivity contribution in [1.29, 1.82) is 0 Å². The summed E-state index contributed by atoms with van der Waals surface area (Å²) in [6, 6.07) is 0. The maximum absolute atomic E-state index is 11.6. The van der Waals surface area contributed by atoms with Crippen molar-refractivity contribution in [2.75, 3.05) is 39.6 Å². The zero-order valence-corrected chi connectivity index (χ0v) is 12.3. The number of amides is 1. The van der Waals surface area contributed by atoms with E-state index >= 15 is 0 Å². The fraction of sp³-hybridized carbons (Fsp3) is 0.917. The van der Waals surface area contributed by atoms with Crippen molar-refractivity contribution in [3.05, 3.63) is 0 Å². The summed E-state index contributed by atoms with van der Waals surface area (Å²) >= 11 is 1.63. The highest BCUT2D eigenvalue weighted by Crippen LogP contribution is 1.99. The first-order valence-electron chi connectivity index (χ1n) is 6.18. The minimum Gasteiger partial charge on any atom is -0.381 e. The normalized spacial score (nSPS) is 10.9. The summed E-state index contributed by atoms with van der Waals surface area (Å²) in [4.78, 5) is 13.3. The van der Waals surface area contributed by atoms with Gasteiger partial charge in [0, 0.05) is 39.3 Å². The largest absolute Gasteiger partial charge is 0.381 e. The van der Waals surface area contributed by atoms with Gasteiger partial charge in [0.1, 0.15) is 0 Å². The molecule has 17 heavy (non-hydrogen) atoms. The quantitative estimate of drug-likeness (QED) is 0.481. The molecule has 0 bridgehead atoms. The van der Waals surface area contributed by atoms with E-state index in [0.717, 1.165) is 39.1 Å². The van der Waals surface area contributed by atoms with Crippen molar-refractivity contribution in [2.24, 2.45) is 5.92 Å². The van der Waals surface area contributed by atoms with Crippen molar-refractivity contribution in [2.45, 2.75) is 26.7 Å². The molecule has 0 aromatic carbocycles. The van der Waals surface area contributed by atoms with Crippen molar-refractivity contribution >= 4 is 17.9 Å². The molecule has 0 aliphatic rings. The van der Waals surface area contributed by atoms with Gasteiger partial charge in [-0.05, 0) is 19.1 Å². The number of nitrogens with one attached hydrogen (secondary N) is 1. The highest BCUT2D eigenvalue weighted by molar-refractivity contribution is 7.96. The number of carbonyl (C=O) groups is 1. The molecule has 102 valence electrons. The Morgan fingerprint density at radius 2 is 2.00 bits per heavy atom. The first kappa shape index (κ1) is 16.7. The van der Waals surface area contributed by atoms with Crippen LogP contribution in [-0.2, 0) is 9.53 Å². The number of rotatable bonds is 10. The minimum atomic E-state index is 0.0820. The fourth-order valence-electron chi connectivity index (χ4n) is 1.41.